The van der Waals surface area contributed by atoms with Gasteiger partial charge in [0.25, 0.3) is 0 Å². The highest BCUT2D eigenvalue weighted by atomic mass is 32.2. The highest BCUT2D eigenvalue weighted by Crippen LogP contribution is 2.21. The standard InChI is InChI=1S/C13H20N2O3S/c1-9-4-5-11(6-10(9)2)19(17,18)15(3)12-7-14-8-13(12)16/h4-6,12-14,16H,7-8H2,1-3H3/t12-,13-/m0/s1. The highest BCUT2D eigenvalue weighted by Gasteiger charge is 2.35. The van der Waals surface area contributed by atoms with Crippen LogP contribution in [0.4, 0.5) is 0 Å². The maximum Gasteiger partial charge on any atom is 0.243 e. The van der Waals surface area contributed by atoms with Crippen molar-refractivity contribution in [3.63, 3.8) is 0 Å². The molecule has 106 valence electrons. The first-order chi connectivity index (χ1) is 8.84. The lowest BCUT2D eigenvalue weighted by atomic mass is 10.1. The lowest BCUT2D eigenvalue weighted by molar-refractivity contribution is 0.136. The largest absolute Gasteiger partial charge is 0.390 e. The number of benzene rings is 1. The van der Waals surface area contributed by atoms with Crippen LogP contribution in [0.15, 0.2) is 23.1 Å². The Bertz CT molecular complexity index is 571. The molecule has 1 aliphatic rings. The first-order valence-corrected chi connectivity index (χ1v) is 7.72. The quantitative estimate of drug-likeness (QED) is 0.835. The zero-order valence-corrected chi connectivity index (χ0v) is 12.2. The van der Waals surface area contributed by atoms with Crippen molar-refractivity contribution in [1.82, 2.24) is 9.62 Å². The molecule has 0 saturated carbocycles. The van der Waals surface area contributed by atoms with Crippen LogP contribution in [0.3, 0.4) is 0 Å². The van der Waals surface area contributed by atoms with E-state index in [1.807, 2.05) is 13.8 Å². The molecule has 0 aliphatic carbocycles. The topological polar surface area (TPSA) is 69.6 Å². The van der Waals surface area contributed by atoms with Gasteiger partial charge < -0.3 is 10.4 Å². The number of nitrogens with zero attached hydrogens (tertiary/aromatic N) is 1. The van der Waals surface area contributed by atoms with Gasteiger partial charge >= 0.3 is 0 Å². The van der Waals surface area contributed by atoms with Crippen LogP contribution in [0.25, 0.3) is 0 Å². The summed E-state index contributed by atoms with van der Waals surface area (Å²) in [6, 6.07) is 4.68. The van der Waals surface area contributed by atoms with Crippen LogP contribution in [0.2, 0.25) is 0 Å². The average molecular weight is 284 g/mol. The fraction of sp³-hybridized carbons (Fsp3) is 0.538. The average Bonchev–Trinajstić information content (AvgIpc) is 2.77. The molecular weight excluding hydrogens is 264 g/mol. The molecule has 0 bridgehead atoms. The summed E-state index contributed by atoms with van der Waals surface area (Å²) < 4.78 is 26.3. The minimum atomic E-state index is -3.56. The van der Waals surface area contributed by atoms with Crippen molar-refractivity contribution in [2.45, 2.75) is 30.9 Å². The maximum atomic E-state index is 12.5. The van der Waals surface area contributed by atoms with Crippen molar-refractivity contribution in [2.75, 3.05) is 20.1 Å². The summed E-state index contributed by atoms with van der Waals surface area (Å²) in [6.07, 6.45) is -0.661. The predicted octanol–water partition coefficient (Wildman–Crippen LogP) is 0.257. The molecule has 19 heavy (non-hydrogen) atoms. The fourth-order valence-electron chi connectivity index (χ4n) is 2.24. The Kier molecular flexibility index (Phi) is 3.96. The molecule has 2 rings (SSSR count). The molecule has 1 aromatic carbocycles. The zero-order chi connectivity index (χ0) is 14.2. The van der Waals surface area contributed by atoms with Gasteiger partial charge in [-0.25, -0.2) is 8.42 Å². The first-order valence-electron chi connectivity index (χ1n) is 6.28. The third-order valence-electron chi connectivity index (χ3n) is 3.77. The normalized spacial score (nSPS) is 24.1. The third kappa shape index (κ3) is 2.67. The van der Waals surface area contributed by atoms with E-state index in [4.69, 9.17) is 0 Å². The van der Waals surface area contributed by atoms with Gasteiger partial charge in [-0.1, -0.05) is 6.07 Å². The summed E-state index contributed by atoms with van der Waals surface area (Å²) >= 11 is 0. The van der Waals surface area contributed by atoms with Crippen LogP contribution in [0, 0.1) is 13.8 Å². The van der Waals surface area contributed by atoms with E-state index in [-0.39, 0.29) is 4.90 Å². The summed E-state index contributed by atoms with van der Waals surface area (Å²) in [7, 11) is -2.04. The van der Waals surface area contributed by atoms with Gasteiger partial charge in [-0.2, -0.15) is 4.31 Å². The van der Waals surface area contributed by atoms with Crippen molar-refractivity contribution in [3.8, 4) is 0 Å². The van der Waals surface area contributed by atoms with Crippen molar-refractivity contribution < 1.29 is 13.5 Å². The Morgan fingerprint density at radius 1 is 1.26 bits per heavy atom. The van der Waals surface area contributed by atoms with Crippen LogP contribution >= 0.6 is 0 Å². The molecule has 1 saturated heterocycles. The first kappa shape index (κ1) is 14.5. The van der Waals surface area contributed by atoms with E-state index in [9.17, 15) is 13.5 Å². The van der Waals surface area contributed by atoms with Crippen molar-refractivity contribution in [2.24, 2.45) is 0 Å². The molecule has 6 heteroatoms. The van der Waals surface area contributed by atoms with Crippen LogP contribution in [-0.4, -0.2) is 50.1 Å². The number of hydrogen-bond donors (Lipinski definition) is 2. The summed E-state index contributed by atoms with van der Waals surface area (Å²) in [5.74, 6) is 0. The van der Waals surface area contributed by atoms with Gasteiger partial charge in [-0.15, -0.1) is 0 Å². The number of aliphatic hydroxyl groups is 1. The van der Waals surface area contributed by atoms with E-state index in [0.717, 1.165) is 11.1 Å². The molecule has 0 radical (unpaired) electrons. The Labute approximate surface area is 114 Å². The van der Waals surface area contributed by atoms with E-state index >= 15 is 0 Å². The number of rotatable bonds is 3. The lowest BCUT2D eigenvalue weighted by Crippen LogP contribution is -2.44. The molecule has 1 aliphatic heterocycles. The second-order valence-electron chi connectivity index (χ2n) is 5.06. The molecule has 0 unspecified atom stereocenters. The van der Waals surface area contributed by atoms with E-state index in [1.54, 1.807) is 18.2 Å². The third-order valence-corrected chi connectivity index (χ3v) is 5.65. The minimum Gasteiger partial charge on any atom is -0.390 e. The van der Waals surface area contributed by atoms with Gasteiger partial charge in [-0.05, 0) is 37.1 Å². The Morgan fingerprint density at radius 3 is 2.47 bits per heavy atom. The molecular formula is C13H20N2O3S. The number of β-amino-alcohol motifs (C(OH)–C–C–N with tert-alkyl or cyclic N) is 1. The van der Waals surface area contributed by atoms with Gasteiger partial charge in [0, 0.05) is 20.1 Å². The van der Waals surface area contributed by atoms with Crippen LogP contribution < -0.4 is 5.32 Å². The van der Waals surface area contributed by atoms with Gasteiger partial charge in [-0.3, -0.25) is 0 Å². The number of aliphatic hydroxyl groups excluding tert-OH is 1. The number of sulfonamides is 1. The smallest absolute Gasteiger partial charge is 0.243 e. The van der Waals surface area contributed by atoms with Gasteiger partial charge in [0.1, 0.15) is 0 Å². The monoisotopic (exact) mass is 284 g/mol. The zero-order valence-electron chi connectivity index (χ0n) is 11.4. The Balaban J connectivity index is 2.33. The molecule has 1 aromatic rings. The number of hydrogen-bond acceptors (Lipinski definition) is 4. The minimum absolute atomic E-state index is 0.275. The van der Waals surface area contributed by atoms with Crippen molar-refractivity contribution in [3.05, 3.63) is 29.3 Å². The molecule has 2 N–H and O–H groups in total. The van der Waals surface area contributed by atoms with E-state index in [0.29, 0.717) is 13.1 Å². The number of likely N-dealkylation sites (N-methyl/N-ethyl adjacent to an activating group) is 1. The van der Waals surface area contributed by atoms with E-state index in [1.165, 1.54) is 11.4 Å². The maximum absolute atomic E-state index is 12.5. The lowest BCUT2D eigenvalue weighted by Gasteiger charge is -2.25. The van der Waals surface area contributed by atoms with Crippen LogP contribution in [0.1, 0.15) is 11.1 Å². The fourth-order valence-corrected chi connectivity index (χ4v) is 3.71. The number of aryl methyl sites for hydroxylation is 2. The summed E-state index contributed by atoms with van der Waals surface area (Å²) in [5, 5.41) is 12.8. The van der Waals surface area contributed by atoms with E-state index < -0.39 is 22.2 Å². The summed E-state index contributed by atoms with van der Waals surface area (Å²) in [6.45, 7) is 4.74. The summed E-state index contributed by atoms with van der Waals surface area (Å²) in [4.78, 5) is 0.275. The van der Waals surface area contributed by atoms with Crippen molar-refractivity contribution in [1.29, 1.82) is 0 Å². The predicted molar refractivity (Wildman–Crippen MR) is 73.5 cm³/mol. The second kappa shape index (κ2) is 5.20. The van der Waals surface area contributed by atoms with Gasteiger partial charge in [0.15, 0.2) is 0 Å². The molecule has 0 aromatic heterocycles. The summed E-state index contributed by atoms with van der Waals surface area (Å²) in [5.41, 5.74) is 2.00. The Morgan fingerprint density at radius 2 is 1.95 bits per heavy atom. The Hall–Kier alpha value is -0.950. The van der Waals surface area contributed by atoms with Gasteiger partial charge in [0.05, 0.1) is 17.0 Å². The number of nitrogens with one attached hydrogen (secondary N) is 1. The van der Waals surface area contributed by atoms with Crippen LogP contribution in [0.5, 0.6) is 0 Å². The molecule has 0 amide bonds. The molecule has 1 heterocycles. The van der Waals surface area contributed by atoms with Crippen LogP contribution in [-0.2, 0) is 10.0 Å². The molecule has 5 nitrogen and oxygen atoms in total. The molecule has 0 spiro atoms. The van der Waals surface area contributed by atoms with E-state index in [2.05, 4.69) is 5.32 Å². The van der Waals surface area contributed by atoms with Gasteiger partial charge in [0.2, 0.25) is 10.0 Å². The molecule has 2 atom stereocenters. The molecule has 1 fully saturated rings. The SMILES string of the molecule is Cc1ccc(S(=O)(=O)N(C)[C@H]2CNC[C@@H]2O)cc1C. The second-order valence-corrected chi connectivity index (χ2v) is 7.06. The van der Waals surface area contributed by atoms with Crippen molar-refractivity contribution >= 4 is 10.0 Å². The highest BCUT2D eigenvalue weighted by molar-refractivity contribution is 7.89.